The van der Waals surface area contributed by atoms with Gasteiger partial charge in [0.25, 0.3) is 0 Å². The zero-order chi connectivity index (χ0) is 14.8. The molecule has 0 aliphatic rings. The van der Waals surface area contributed by atoms with Gasteiger partial charge in [-0.3, -0.25) is 0 Å². The van der Waals surface area contributed by atoms with Crippen LogP contribution in [0.15, 0.2) is 42.5 Å². The van der Waals surface area contributed by atoms with E-state index < -0.39 is 8.07 Å². The van der Waals surface area contributed by atoms with Crippen molar-refractivity contribution in [3.63, 3.8) is 0 Å². The zero-order valence-electron chi connectivity index (χ0n) is 13.0. The molecule has 0 unspecified atom stereocenters. The summed E-state index contributed by atoms with van der Waals surface area (Å²) in [7, 11) is -1.21. The molecule has 0 amide bonds. The Kier molecular flexibility index (Phi) is 7.81. The summed E-state index contributed by atoms with van der Waals surface area (Å²) in [6.07, 6.45) is 6.23. The molecule has 0 aliphatic heterocycles. The number of rotatable bonds is 9. The highest BCUT2D eigenvalue weighted by molar-refractivity contribution is 6.78. The van der Waals surface area contributed by atoms with Crippen molar-refractivity contribution in [2.75, 3.05) is 13.2 Å². The molecule has 1 atom stereocenters. The highest BCUT2D eigenvalue weighted by Gasteiger charge is 2.23. The van der Waals surface area contributed by atoms with E-state index in [9.17, 15) is 0 Å². The van der Waals surface area contributed by atoms with Crippen LogP contribution in [0.3, 0.4) is 0 Å². The van der Waals surface area contributed by atoms with Crippen LogP contribution < -0.4 is 0 Å². The Balaban J connectivity index is 2.35. The van der Waals surface area contributed by atoms with Crippen LogP contribution in [0.5, 0.6) is 0 Å². The Hall–Kier alpha value is -0.903. The maximum absolute atomic E-state index is 8.86. The summed E-state index contributed by atoms with van der Waals surface area (Å²) in [6.45, 7) is 8.89. The van der Waals surface area contributed by atoms with E-state index in [1.165, 1.54) is 5.56 Å². The molecule has 112 valence electrons. The number of ether oxygens (including phenoxy) is 1. The van der Waals surface area contributed by atoms with Gasteiger partial charge in [-0.25, -0.2) is 0 Å². The monoisotopic (exact) mass is 292 g/mol. The quantitative estimate of drug-likeness (QED) is 0.419. The topological polar surface area (TPSA) is 29.5 Å². The second-order valence-corrected chi connectivity index (χ2v) is 11.7. The fourth-order valence-electron chi connectivity index (χ4n) is 2.13. The molecular formula is C17H28O2Si. The van der Waals surface area contributed by atoms with Gasteiger partial charge in [-0.1, -0.05) is 62.1 Å². The van der Waals surface area contributed by atoms with Crippen molar-refractivity contribution >= 4 is 8.07 Å². The van der Waals surface area contributed by atoms with Crippen LogP contribution in [0.4, 0.5) is 0 Å². The van der Waals surface area contributed by atoms with Crippen LogP contribution in [0.2, 0.25) is 25.2 Å². The van der Waals surface area contributed by atoms with Gasteiger partial charge in [0.1, 0.15) is 0 Å². The summed E-state index contributed by atoms with van der Waals surface area (Å²) < 4.78 is 5.79. The smallest absolute Gasteiger partial charge is 0.0716 e. The van der Waals surface area contributed by atoms with E-state index in [2.05, 4.69) is 43.9 Å². The first-order valence-electron chi connectivity index (χ1n) is 7.43. The highest BCUT2D eigenvalue weighted by atomic mass is 28.3. The molecule has 20 heavy (non-hydrogen) atoms. The maximum atomic E-state index is 8.86. The van der Waals surface area contributed by atoms with Crippen LogP contribution in [-0.4, -0.2) is 26.4 Å². The lowest BCUT2D eigenvalue weighted by Crippen LogP contribution is -2.27. The van der Waals surface area contributed by atoms with Gasteiger partial charge in [-0.2, -0.15) is 0 Å². The molecule has 0 fully saturated rings. The standard InChI is InChI=1S/C17H28O2Si/c1-20(2,3)17(11-7-8-13-18)12-14-19-15-16-9-5-4-6-10-16/h4-7,9-11,17-18H,8,12-15H2,1-3H3/b11-7+/t17-/m1/s1. The van der Waals surface area contributed by atoms with Gasteiger partial charge in [-0.15, -0.1) is 0 Å². The predicted octanol–water partition coefficient (Wildman–Crippen LogP) is 4.24. The molecule has 0 bridgehead atoms. The Labute approximate surface area is 124 Å². The van der Waals surface area contributed by atoms with Gasteiger partial charge in [0.15, 0.2) is 0 Å². The molecule has 2 nitrogen and oxygen atoms in total. The molecule has 1 rings (SSSR count). The minimum atomic E-state index is -1.21. The van der Waals surface area contributed by atoms with Crippen molar-refractivity contribution in [3.05, 3.63) is 48.0 Å². The van der Waals surface area contributed by atoms with E-state index in [1.807, 2.05) is 18.2 Å². The second kappa shape index (κ2) is 9.11. The fraction of sp³-hybridized carbons (Fsp3) is 0.529. The number of hydrogen-bond acceptors (Lipinski definition) is 2. The SMILES string of the molecule is C[Si](C)(C)[C@H](/C=C/CCO)CCOCc1ccccc1. The summed E-state index contributed by atoms with van der Waals surface area (Å²) in [5.74, 6) is 0. The van der Waals surface area contributed by atoms with Gasteiger partial charge < -0.3 is 9.84 Å². The number of benzene rings is 1. The van der Waals surface area contributed by atoms with Crippen molar-refractivity contribution in [1.82, 2.24) is 0 Å². The number of aliphatic hydroxyl groups is 1. The third-order valence-electron chi connectivity index (χ3n) is 3.46. The van der Waals surface area contributed by atoms with Crippen LogP contribution in [0.25, 0.3) is 0 Å². The number of hydrogen-bond donors (Lipinski definition) is 1. The first-order chi connectivity index (χ1) is 9.54. The Morgan fingerprint density at radius 1 is 1.20 bits per heavy atom. The van der Waals surface area contributed by atoms with Crippen molar-refractivity contribution in [1.29, 1.82) is 0 Å². The fourth-order valence-corrected chi connectivity index (χ4v) is 3.82. The molecule has 1 N–H and O–H groups in total. The molecule has 0 radical (unpaired) electrons. The summed E-state index contributed by atoms with van der Waals surface area (Å²) in [6, 6.07) is 10.3. The zero-order valence-corrected chi connectivity index (χ0v) is 14.0. The largest absolute Gasteiger partial charge is 0.396 e. The maximum Gasteiger partial charge on any atom is 0.0716 e. The Morgan fingerprint density at radius 2 is 1.90 bits per heavy atom. The van der Waals surface area contributed by atoms with Crippen molar-refractivity contribution in [3.8, 4) is 0 Å². The average Bonchev–Trinajstić information content (AvgIpc) is 2.41. The van der Waals surface area contributed by atoms with E-state index in [1.54, 1.807) is 0 Å². The summed E-state index contributed by atoms with van der Waals surface area (Å²) in [4.78, 5) is 0. The lowest BCUT2D eigenvalue weighted by molar-refractivity contribution is 0.119. The van der Waals surface area contributed by atoms with Gasteiger partial charge >= 0.3 is 0 Å². The Morgan fingerprint density at radius 3 is 2.50 bits per heavy atom. The molecule has 0 spiro atoms. The first kappa shape index (κ1) is 17.1. The second-order valence-electron chi connectivity index (χ2n) is 6.24. The predicted molar refractivity (Wildman–Crippen MR) is 88.7 cm³/mol. The minimum absolute atomic E-state index is 0.236. The third kappa shape index (κ3) is 7.03. The van der Waals surface area contributed by atoms with Crippen LogP contribution in [-0.2, 0) is 11.3 Å². The van der Waals surface area contributed by atoms with Crippen molar-refractivity contribution in [2.45, 2.75) is 44.6 Å². The van der Waals surface area contributed by atoms with Crippen LogP contribution >= 0.6 is 0 Å². The highest BCUT2D eigenvalue weighted by Crippen LogP contribution is 2.27. The molecule has 0 saturated heterocycles. The lowest BCUT2D eigenvalue weighted by Gasteiger charge is -2.26. The molecule has 0 aromatic heterocycles. The van der Waals surface area contributed by atoms with Crippen LogP contribution in [0.1, 0.15) is 18.4 Å². The molecular weight excluding hydrogens is 264 g/mol. The van der Waals surface area contributed by atoms with Gasteiger partial charge in [0, 0.05) is 13.2 Å². The lowest BCUT2D eigenvalue weighted by atomic mass is 10.2. The van der Waals surface area contributed by atoms with E-state index in [-0.39, 0.29) is 6.61 Å². The Bertz CT molecular complexity index is 382. The third-order valence-corrected chi connectivity index (χ3v) is 6.17. The number of allylic oxidation sites excluding steroid dienone is 1. The molecule has 0 saturated carbocycles. The van der Waals surface area contributed by atoms with Crippen molar-refractivity contribution < 1.29 is 9.84 Å². The molecule has 0 aliphatic carbocycles. The molecule has 0 heterocycles. The average molecular weight is 292 g/mol. The van der Waals surface area contributed by atoms with Gasteiger partial charge in [0.2, 0.25) is 0 Å². The molecule has 1 aromatic carbocycles. The van der Waals surface area contributed by atoms with Crippen LogP contribution in [0, 0.1) is 0 Å². The normalized spacial score (nSPS) is 13.8. The van der Waals surface area contributed by atoms with E-state index in [0.717, 1.165) is 19.4 Å². The minimum Gasteiger partial charge on any atom is -0.396 e. The van der Waals surface area contributed by atoms with E-state index in [4.69, 9.17) is 9.84 Å². The molecule has 1 aromatic rings. The first-order valence-corrected chi connectivity index (χ1v) is 11.0. The summed E-state index contributed by atoms with van der Waals surface area (Å²) >= 11 is 0. The number of aliphatic hydroxyl groups excluding tert-OH is 1. The van der Waals surface area contributed by atoms with Gasteiger partial charge in [-0.05, 0) is 23.9 Å². The summed E-state index contributed by atoms with van der Waals surface area (Å²) in [5, 5.41) is 8.86. The van der Waals surface area contributed by atoms with Gasteiger partial charge in [0.05, 0.1) is 14.7 Å². The van der Waals surface area contributed by atoms with E-state index in [0.29, 0.717) is 12.1 Å². The molecule has 3 heteroatoms. The van der Waals surface area contributed by atoms with E-state index >= 15 is 0 Å². The van der Waals surface area contributed by atoms with Crippen molar-refractivity contribution in [2.24, 2.45) is 0 Å². The summed E-state index contributed by atoms with van der Waals surface area (Å²) in [5.41, 5.74) is 1.85.